The van der Waals surface area contributed by atoms with E-state index in [1.165, 1.54) is 11.8 Å². The number of nitrogens with zero attached hydrogens (tertiary/aromatic N) is 4. The van der Waals surface area contributed by atoms with Crippen molar-refractivity contribution in [2.24, 2.45) is 5.73 Å². The Hall–Kier alpha value is -3.92. The number of amides is 2. The Morgan fingerprint density at radius 3 is 2.74 bits per heavy atom. The Morgan fingerprint density at radius 2 is 1.97 bits per heavy atom. The highest BCUT2D eigenvalue weighted by Gasteiger charge is 2.27. The zero-order chi connectivity index (χ0) is 24.4. The molecule has 0 aliphatic heterocycles. The largest absolute Gasteiger partial charge is 0.444 e. The van der Waals surface area contributed by atoms with E-state index < -0.39 is 5.91 Å². The molecule has 3 heterocycles. The monoisotopic (exact) mass is 488 g/mol. The average Bonchev–Trinajstić information content (AvgIpc) is 3.44. The summed E-state index contributed by atoms with van der Waals surface area (Å²) in [6.07, 6.45) is 6.82. The van der Waals surface area contributed by atoms with Crippen molar-refractivity contribution in [3.05, 3.63) is 71.2 Å². The molecule has 0 spiro atoms. The second-order valence-electron chi connectivity index (χ2n) is 8.29. The zero-order valence-corrected chi connectivity index (χ0v) is 20.0. The van der Waals surface area contributed by atoms with Crippen molar-refractivity contribution in [3.63, 3.8) is 0 Å². The highest BCUT2D eigenvalue weighted by molar-refractivity contribution is 7.99. The van der Waals surface area contributed by atoms with Gasteiger partial charge in [-0.3, -0.25) is 24.5 Å². The Labute approximate surface area is 206 Å². The van der Waals surface area contributed by atoms with Gasteiger partial charge in [-0.1, -0.05) is 30.0 Å². The van der Waals surface area contributed by atoms with Gasteiger partial charge in [0.25, 0.3) is 5.91 Å². The average molecular weight is 489 g/mol. The summed E-state index contributed by atoms with van der Waals surface area (Å²) in [5.74, 6) is 0.608. The molecule has 178 valence electrons. The van der Waals surface area contributed by atoms with Gasteiger partial charge in [0.2, 0.25) is 11.8 Å². The van der Waals surface area contributed by atoms with Gasteiger partial charge in [-0.25, -0.2) is 0 Å². The number of carbonyl (C=O) groups excluding carboxylic acids is 2. The third-order valence-corrected chi connectivity index (χ3v) is 6.84. The lowest BCUT2D eigenvalue weighted by Crippen LogP contribution is -2.19. The van der Waals surface area contributed by atoms with Crippen LogP contribution in [-0.2, 0) is 17.6 Å². The number of rotatable bonds is 7. The molecule has 1 aliphatic rings. The number of nitrogens with one attached hydrogen (secondary N) is 1. The van der Waals surface area contributed by atoms with Crippen LogP contribution in [0.1, 0.15) is 40.1 Å². The fourth-order valence-corrected chi connectivity index (χ4v) is 5.03. The highest BCUT2D eigenvalue weighted by atomic mass is 32.2. The van der Waals surface area contributed by atoms with Crippen LogP contribution in [0.15, 0.2) is 58.4 Å². The van der Waals surface area contributed by atoms with E-state index in [2.05, 4.69) is 20.5 Å². The molecule has 9 nitrogen and oxygen atoms in total. The number of carbonyl (C=O) groups is 2. The van der Waals surface area contributed by atoms with Crippen LogP contribution < -0.4 is 11.1 Å². The third-order valence-electron chi connectivity index (χ3n) is 5.91. The number of nitrogens with two attached hydrogens (primary N) is 1. The Morgan fingerprint density at radius 1 is 1.14 bits per heavy atom. The number of benzene rings is 1. The summed E-state index contributed by atoms with van der Waals surface area (Å²) in [6, 6.07) is 11.7. The normalized spacial score (nSPS) is 12.8. The molecule has 0 atom stereocenters. The molecule has 3 N–H and O–H groups in total. The molecule has 0 saturated heterocycles. The summed E-state index contributed by atoms with van der Waals surface area (Å²) in [7, 11) is 0. The SMILES string of the molecule is Cc1ccccc1-n1c(SCC(=O)Nc2oc3c(c2C(N)=O)CCCC3)nnc1-c1cccnc1. The molecule has 4 aromatic rings. The number of thioether (sulfide) groups is 1. The number of pyridine rings is 1. The number of para-hydroxylation sites is 1. The van der Waals surface area contributed by atoms with Crippen LogP contribution in [0.2, 0.25) is 0 Å². The zero-order valence-electron chi connectivity index (χ0n) is 19.2. The number of primary amides is 1. The van der Waals surface area contributed by atoms with Crippen molar-refractivity contribution >= 4 is 29.5 Å². The maximum atomic E-state index is 12.9. The molecule has 35 heavy (non-hydrogen) atoms. The minimum atomic E-state index is -0.597. The molecule has 10 heteroatoms. The highest BCUT2D eigenvalue weighted by Crippen LogP contribution is 2.33. The minimum Gasteiger partial charge on any atom is -0.444 e. The maximum absolute atomic E-state index is 12.9. The van der Waals surface area contributed by atoms with Crippen molar-refractivity contribution in [1.82, 2.24) is 19.7 Å². The quantitative estimate of drug-likeness (QED) is 0.377. The fraction of sp³-hybridized carbons (Fsp3) is 0.240. The predicted molar refractivity (Wildman–Crippen MR) is 133 cm³/mol. The van der Waals surface area contributed by atoms with Crippen molar-refractivity contribution in [1.29, 1.82) is 0 Å². The number of furan rings is 1. The second kappa shape index (κ2) is 9.75. The Bertz CT molecular complexity index is 1400. The fourth-order valence-electron chi connectivity index (χ4n) is 4.28. The summed E-state index contributed by atoms with van der Waals surface area (Å²) in [4.78, 5) is 29.1. The summed E-state index contributed by atoms with van der Waals surface area (Å²) in [5, 5.41) is 12.0. The minimum absolute atomic E-state index is 0.0423. The lowest BCUT2D eigenvalue weighted by molar-refractivity contribution is -0.113. The van der Waals surface area contributed by atoms with Gasteiger partial charge < -0.3 is 10.2 Å². The van der Waals surface area contributed by atoms with E-state index in [0.717, 1.165) is 53.8 Å². The van der Waals surface area contributed by atoms with E-state index in [1.807, 2.05) is 47.9 Å². The van der Waals surface area contributed by atoms with Crippen LogP contribution in [0.3, 0.4) is 0 Å². The Balaban J connectivity index is 1.40. The van der Waals surface area contributed by atoms with Crippen molar-refractivity contribution < 1.29 is 14.0 Å². The molecule has 0 unspecified atom stereocenters. The first-order valence-electron chi connectivity index (χ1n) is 11.3. The molecule has 0 radical (unpaired) electrons. The summed E-state index contributed by atoms with van der Waals surface area (Å²) >= 11 is 1.24. The molecule has 2 amide bonds. The summed E-state index contributed by atoms with van der Waals surface area (Å²) in [6.45, 7) is 2.01. The first-order chi connectivity index (χ1) is 17.0. The van der Waals surface area contributed by atoms with E-state index in [0.29, 0.717) is 11.0 Å². The number of hydrogen-bond acceptors (Lipinski definition) is 7. The van der Waals surface area contributed by atoms with Gasteiger partial charge in [-0.15, -0.1) is 10.2 Å². The van der Waals surface area contributed by atoms with Crippen molar-refractivity contribution in [2.75, 3.05) is 11.1 Å². The first-order valence-corrected chi connectivity index (χ1v) is 12.3. The summed E-state index contributed by atoms with van der Waals surface area (Å²) < 4.78 is 7.73. The molecule has 0 fully saturated rings. The number of fused-ring (bicyclic) bond motifs is 1. The topological polar surface area (TPSA) is 129 Å². The maximum Gasteiger partial charge on any atom is 0.254 e. The lowest BCUT2D eigenvalue weighted by atomic mass is 9.95. The molecule has 1 aliphatic carbocycles. The van der Waals surface area contributed by atoms with Gasteiger partial charge in [-0.05, 0) is 49.9 Å². The summed E-state index contributed by atoms with van der Waals surface area (Å²) in [5.41, 5.74) is 9.45. The Kier molecular flexibility index (Phi) is 6.37. The van der Waals surface area contributed by atoms with Gasteiger partial charge in [0.1, 0.15) is 11.3 Å². The molecular formula is C25H24N6O3S. The van der Waals surface area contributed by atoms with Gasteiger partial charge in [-0.2, -0.15) is 0 Å². The van der Waals surface area contributed by atoms with Crippen LogP contribution in [0.5, 0.6) is 0 Å². The van der Waals surface area contributed by atoms with Crippen molar-refractivity contribution in [3.8, 4) is 17.1 Å². The first kappa shape index (κ1) is 22.9. The number of aromatic nitrogens is 4. The molecule has 0 bridgehead atoms. The van der Waals surface area contributed by atoms with E-state index in [1.54, 1.807) is 12.4 Å². The molecule has 5 rings (SSSR count). The smallest absolute Gasteiger partial charge is 0.254 e. The lowest BCUT2D eigenvalue weighted by Gasteiger charge is -2.12. The molecule has 3 aromatic heterocycles. The van der Waals surface area contributed by atoms with Crippen LogP contribution in [0.25, 0.3) is 17.1 Å². The molecular weight excluding hydrogens is 464 g/mol. The number of aryl methyl sites for hydroxylation is 2. The van der Waals surface area contributed by atoms with E-state index >= 15 is 0 Å². The van der Waals surface area contributed by atoms with Crippen LogP contribution in [-0.4, -0.2) is 37.3 Å². The molecule has 0 saturated carbocycles. The number of hydrogen-bond donors (Lipinski definition) is 2. The number of anilines is 1. The van der Waals surface area contributed by atoms with E-state index in [9.17, 15) is 9.59 Å². The van der Waals surface area contributed by atoms with Gasteiger partial charge in [0.15, 0.2) is 11.0 Å². The predicted octanol–water partition coefficient (Wildman–Crippen LogP) is 3.94. The van der Waals surface area contributed by atoms with Crippen LogP contribution in [0.4, 0.5) is 5.88 Å². The van der Waals surface area contributed by atoms with Gasteiger partial charge in [0, 0.05) is 29.9 Å². The third kappa shape index (κ3) is 4.57. The van der Waals surface area contributed by atoms with Crippen molar-refractivity contribution in [2.45, 2.75) is 37.8 Å². The van der Waals surface area contributed by atoms with E-state index in [-0.39, 0.29) is 23.1 Å². The van der Waals surface area contributed by atoms with Crippen LogP contribution >= 0.6 is 11.8 Å². The van der Waals surface area contributed by atoms with Gasteiger partial charge >= 0.3 is 0 Å². The molecule has 1 aromatic carbocycles. The van der Waals surface area contributed by atoms with Crippen LogP contribution in [0, 0.1) is 6.92 Å². The van der Waals surface area contributed by atoms with E-state index in [4.69, 9.17) is 10.2 Å². The second-order valence-corrected chi connectivity index (χ2v) is 9.23. The standard InChI is InChI=1S/C25H24N6O3S/c1-15-7-2-4-10-18(15)31-23(16-8-6-12-27-13-16)29-30-25(31)35-14-20(32)28-24-21(22(26)33)17-9-3-5-11-19(17)34-24/h2,4,6-8,10,12-13H,3,5,9,11,14H2,1H3,(H2,26,33)(H,28,32). The van der Waals surface area contributed by atoms with Gasteiger partial charge in [0.05, 0.1) is 11.4 Å².